The van der Waals surface area contributed by atoms with Crippen LogP contribution in [-0.4, -0.2) is 49.5 Å². The van der Waals surface area contributed by atoms with E-state index in [9.17, 15) is 22.4 Å². The molecule has 0 unspecified atom stereocenters. The zero-order valence-electron chi connectivity index (χ0n) is 23.3. The number of carbonyl (C=O) groups excluding carboxylic acids is 2. The molecule has 3 aromatic rings. The van der Waals surface area contributed by atoms with Gasteiger partial charge in [-0.3, -0.25) is 13.9 Å². The van der Waals surface area contributed by atoms with Crippen LogP contribution >= 0.6 is 11.6 Å². The van der Waals surface area contributed by atoms with Crippen molar-refractivity contribution in [2.24, 2.45) is 0 Å². The largest absolute Gasteiger partial charge is 0.350 e. The molecule has 0 bridgehead atoms. The van der Waals surface area contributed by atoms with Crippen LogP contribution in [0.15, 0.2) is 72.8 Å². The number of anilines is 1. The van der Waals surface area contributed by atoms with Gasteiger partial charge in [0.15, 0.2) is 0 Å². The molecule has 2 amide bonds. The van der Waals surface area contributed by atoms with Gasteiger partial charge in [-0.25, -0.2) is 12.8 Å². The lowest BCUT2D eigenvalue weighted by molar-refractivity contribution is -0.140. The summed E-state index contributed by atoms with van der Waals surface area (Å²) in [5.74, 6) is -1.65. The number of amides is 2. The Bertz CT molecular complexity index is 1460. The smallest absolute Gasteiger partial charge is 0.244 e. The third-order valence-corrected chi connectivity index (χ3v) is 7.55. The van der Waals surface area contributed by atoms with Gasteiger partial charge in [0.2, 0.25) is 21.8 Å². The minimum atomic E-state index is -3.95. The first-order valence-electron chi connectivity index (χ1n) is 12.8. The van der Waals surface area contributed by atoms with Gasteiger partial charge in [0.25, 0.3) is 0 Å². The lowest BCUT2D eigenvalue weighted by Gasteiger charge is -2.35. The fourth-order valence-corrected chi connectivity index (χ4v) is 5.33. The SMILES string of the molecule is Cc1ccc(Cl)cc1N(CC(=O)N(Cc1ccccc1F)[C@H](Cc1ccccc1)C(=O)NC(C)(C)C)S(C)(=O)=O. The zero-order valence-corrected chi connectivity index (χ0v) is 24.9. The van der Waals surface area contributed by atoms with E-state index in [1.165, 1.54) is 29.2 Å². The van der Waals surface area contributed by atoms with Crippen molar-refractivity contribution in [1.82, 2.24) is 10.2 Å². The Balaban J connectivity index is 2.11. The van der Waals surface area contributed by atoms with E-state index in [1.807, 2.05) is 51.1 Å². The van der Waals surface area contributed by atoms with Crippen LogP contribution < -0.4 is 9.62 Å². The molecule has 7 nitrogen and oxygen atoms in total. The van der Waals surface area contributed by atoms with Gasteiger partial charge in [-0.1, -0.05) is 66.2 Å². The van der Waals surface area contributed by atoms with Gasteiger partial charge in [0.05, 0.1) is 11.9 Å². The maximum Gasteiger partial charge on any atom is 0.244 e. The second-order valence-corrected chi connectivity index (χ2v) is 13.1. The molecule has 0 aromatic heterocycles. The fraction of sp³-hybridized carbons (Fsp3) is 0.333. The van der Waals surface area contributed by atoms with Crippen LogP contribution in [0.1, 0.15) is 37.5 Å². The third kappa shape index (κ3) is 8.53. The van der Waals surface area contributed by atoms with Crippen LogP contribution in [0.25, 0.3) is 0 Å². The highest BCUT2D eigenvalue weighted by Crippen LogP contribution is 2.27. The molecule has 214 valence electrons. The Morgan fingerprint density at radius 1 is 1.00 bits per heavy atom. The Morgan fingerprint density at radius 2 is 1.62 bits per heavy atom. The third-order valence-electron chi connectivity index (χ3n) is 6.19. The van der Waals surface area contributed by atoms with Gasteiger partial charge < -0.3 is 10.2 Å². The highest BCUT2D eigenvalue weighted by molar-refractivity contribution is 7.92. The number of carbonyl (C=O) groups is 2. The number of benzene rings is 3. The summed E-state index contributed by atoms with van der Waals surface area (Å²) in [6.07, 6.45) is 1.13. The van der Waals surface area contributed by atoms with Crippen molar-refractivity contribution >= 4 is 39.1 Å². The van der Waals surface area contributed by atoms with Crippen molar-refractivity contribution in [3.05, 3.63) is 100 Å². The van der Waals surface area contributed by atoms with E-state index in [4.69, 9.17) is 11.6 Å². The number of nitrogens with zero attached hydrogens (tertiary/aromatic N) is 2. The van der Waals surface area contributed by atoms with Crippen molar-refractivity contribution in [2.45, 2.75) is 52.2 Å². The van der Waals surface area contributed by atoms with Gasteiger partial charge in [0, 0.05) is 29.1 Å². The first-order valence-corrected chi connectivity index (χ1v) is 15.0. The molecule has 3 rings (SSSR count). The average Bonchev–Trinajstić information content (AvgIpc) is 2.86. The van der Waals surface area contributed by atoms with E-state index >= 15 is 0 Å². The van der Waals surface area contributed by atoms with Crippen LogP contribution in [0.5, 0.6) is 0 Å². The van der Waals surface area contributed by atoms with Crippen molar-refractivity contribution < 1.29 is 22.4 Å². The summed E-state index contributed by atoms with van der Waals surface area (Å²) in [4.78, 5) is 29.0. The lowest BCUT2D eigenvalue weighted by atomic mass is 10.0. The molecule has 0 radical (unpaired) electrons. The first kappa shape index (κ1) is 31.1. The summed E-state index contributed by atoms with van der Waals surface area (Å²) >= 11 is 6.17. The number of hydrogen-bond donors (Lipinski definition) is 1. The van der Waals surface area contributed by atoms with E-state index in [0.29, 0.717) is 10.6 Å². The summed E-state index contributed by atoms with van der Waals surface area (Å²) in [6, 6.07) is 18.8. The van der Waals surface area contributed by atoms with Crippen molar-refractivity contribution in [3.8, 4) is 0 Å². The van der Waals surface area contributed by atoms with Crippen molar-refractivity contribution in [2.75, 3.05) is 17.1 Å². The van der Waals surface area contributed by atoms with Crippen molar-refractivity contribution in [3.63, 3.8) is 0 Å². The highest BCUT2D eigenvalue weighted by Gasteiger charge is 2.35. The molecule has 0 aliphatic rings. The van der Waals surface area contributed by atoms with Gasteiger partial charge >= 0.3 is 0 Å². The second kappa shape index (κ2) is 12.8. The molecule has 1 atom stereocenters. The summed E-state index contributed by atoms with van der Waals surface area (Å²) in [7, 11) is -3.95. The number of aryl methyl sites for hydroxylation is 1. The lowest BCUT2D eigenvalue weighted by Crippen LogP contribution is -2.56. The predicted octanol–water partition coefficient (Wildman–Crippen LogP) is 5.11. The fourth-order valence-electron chi connectivity index (χ4n) is 4.26. The van der Waals surface area contributed by atoms with Gasteiger partial charge in [-0.15, -0.1) is 0 Å². The van der Waals surface area contributed by atoms with Gasteiger partial charge in [-0.2, -0.15) is 0 Å². The predicted molar refractivity (Wildman–Crippen MR) is 157 cm³/mol. The Labute approximate surface area is 241 Å². The molecule has 0 fully saturated rings. The number of halogens is 2. The topological polar surface area (TPSA) is 86.8 Å². The van der Waals surface area contributed by atoms with Gasteiger partial charge in [0.1, 0.15) is 18.4 Å². The van der Waals surface area contributed by atoms with Gasteiger partial charge in [-0.05, 0) is 57.0 Å². The molecule has 0 saturated heterocycles. The monoisotopic (exact) mass is 587 g/mol. The highest BCUT2D eigenvalue weighted by atomic mass is 35.5. The molecule has 0 saturated carbocycles. The summed E-state index contributed by atoms with van der Waals surface area (Å²) in [6.45, 7) is 6.32. The number of rotatable bonds is 10. The molecule has 3 aromatic carbocycles. The molecule has 0 aliphatic heterocycles. The van der Waals surface area contributed by atoms with Crippen LogP contribution in [0, 0.1) is 12.7 Å². The van der Waals surface area contributed by atoms with Crippen molar-refractivity contribution in [1.29, 1.82) is 0 Å². The maximum atomic E-state index is 14.8. The van der Waals surface area contributed by atoms with Crippen LogP contribution in [0.2, 0.25) is 5.02 Å². The normalized spacial score (nSPS) is 12.5. The zero-order chi connectivity index (χ0) is 29.7. The molecule has 40 heavy (non-hydrogen) atoms. The summed E-state index contributed by atoms with van der Waals surface area (Å²) in [5.41, 5.74) is 1.20. The van der Waals surface area contributed by atoms with E-state index in [-0.39, 0.29) is 24.2 Å². The minimum absolute atomic E-state index is 0.137. The van der Waals surface area contributed by atoms with E-state index in [2.05, 4.69) is 5.32 Å². The molecule has 0 spiro atoms. The number of hydrogen-bond acceptors (Lipinski definition) is 4. The van der Waals surface area contributed by atoms with E-state index in [0.717, 1.165) is 16.1 Å². The Kier molecular flexibility index (Phi) is 9.97. The molecule has 0 heterocycles. The molecular weight excluding hydrogens is 553 g/mol. The maximum absolute atomic E-state index is 14.8. The Hall–Kier alpha value is -3.43. The molecule has 0 aliphatic carbocycles. The summed E-state index contributed by atoms with van der Waals surface area (Å²) in [5, 5.41) is 3.23. The average molecular weight is 588 g/mol. The van der Waals surface area contributed by atoms with E-state index < -0.39 is 45.8 Å². The number of nitrogens with one attached hydrogen (secondary N) is 1. The minimum Gasteiger partial charge on any atom is -0.350 e. The van der Waals surface area contributed by atoms with E-state index in [1.54, 1.807) is 25.1 Å². The first-order chi connectivity index (χ1) is 18.7. The Morgan fingerprint density at radius 3 is 2.23 bits per heavy atom. The molecule has 10 heteroatoms. The quantitative estimate of drug-likeness (QED) is 0.357. The van der Waals surface area contributed by atoms with Crippen LogP contribution in [0.3, 0.4) is 0 Å². The van der Waals surface area contributed by atoms with Crippen LogP contribution in [-0.2, 0) is 32.6 Å². The number of sulfonamides is 1. The summed E-state index contributed by atoms with van der Waals surface area (Å²) < 4.78 is 41.6. The second-order valence-electron chi connectivity index (χ2n) is 10.8. The molecule has 1 N–H and O–H groups in total. The molecular formula is C30H35ClFN3O4S. The van der Waals surface area contributed by atoms with Crippen LogP contribution in [0.4, 0.5) is 10.1 Å². The standard InChI is InChI=1S/C30H35ClFN3O4S/c1-21-15-16-24(31)18-26(21)35(40(5,38)39)20-28(36)34(19-23-13-9-10-14-25(23)32)27(29(37)33-30(2,3)4)17-22-11-7-6-8-12-22/h6-16,18,27H,17,19-20H2,1-5H3,(H,33,37)/t27-/m1/s1.